The number of rotatable bonds is 79. The second-order valence-electron chi connectivity index (χ2n) is 29.8. The first-order chi connectivity index (χ1) is 45.1. The number of aliphatic carboxylic acids is 1. The van der Waals surface area contributed by atoms with Gasteiger partial charge in [0.2, 0.25) is 0 Å². The van der Waals surface area contributed by atoms with Crippen LogP contribution in [0.25, 0.3) is 0 Å². The van der Waals surface area contributed by atoms with Crippen molar-refractivity contribution in [2.75, 3.05) is 47.5 Å². The van der Waals surface area contributed by atoms with Crippen LogP contribution >= 0.6 is 0 Å². The number of hydrogen-bond donors (Lipinski definition) is 1. The molecule has 0 saturated heterocycles. The lowest BCUT2D eigenvalue weighted by Gasteiger charge is -2.25. The first-order valence-corrected chi connectivity index (χ1v) is 41.4. The summed E-state index contributed by atoms with van der Waals surface area (Å²) in [5.41, 5.74) is 0. The van der Waals surface area contributed by atoms with Crippen molar-refractivity contribution in [2.24, 2.45) is 0 Å². The Morgan fingerprint density at radius 1 is 0.315 bits per heavy atom. The Morgan fingerprint density at radius 2 is 0.554 bits per heavy atom. The van der Waals surface area contributed by atoms with Gasteiger partial charge in [0.15, 0.2) is 6.10 Å². The number of likely N-dealkylation sites (N-methyl/N-ethyl adjacent to an activating group) is 1. The van der Waals surface area contributed by atoms with Gasteiger partial charge in [0.05, 0.1) is 34.4 Å². The average Bonchev–Trinajstić information content (AvgIpc) is 3.70. The normalized spacial score (nSPS) is 12.6. The molecule has 9 heteroatoms. The summed E-state index contributed by atoms with van der Waals surface area (Å²) in [4.78, 5) is 37.7. The van der Waals surface area contributed by atoms with Gasteiger partial charge in [0.25, 0.3) is 6.29 Å². The number of esters is 2. The zero-order chi connectivity index (χ0) is 66.8. The topological polar surface area (TPSA) is 108 Å². The second kappa shape index (κ2) is 74.8. The third-order valence-corrected chi connectivity index (χ3v) is 19.3. The number of carboxylic acids is 1. The summed E-state index contributed by atoms with van der Waals surface area (Å²) in [6.45, 7) is 4.98. The molecule has 0 radical (unpaired) electrons. The summed E-state index contributed by atoms with van der Waals surface area (Å²) in [6, 6.07) is 0. The smallest absolute Gasteiger partial charge is 0.361 e. The molecule has 0 aliphatic heterocycles. The monoisotopic (exact) mass is 1300 g/mol. The highest BCUT2D eigenvalue weighted by Gasteiger charge is 2.25. The number of allylic oxidation sites excluding steroid dienone is 2. The lowest BCUT2D eigenvalue weighted by Crippen LogP contribution is -2.40. The van der Waals surface area contributed by atoms with Gasteiger partial charge in [-0.15, -0.1) is 0 Å². The zero-order valence-electron chi connectivity index (χ0n) is 62.8. The van der Waals surface area contributed by atoms with Crippen LogP contribution in [0, 0.1) is 0 Å². The molecule has 9 nitrogen and oxygen atoms in total. The fraction of sp³-hybridized carbons (Fsp3) is 0.940. The molecule has 0 heterocycles. The van der Waals surface area contributed by atoms with Crippen molar-refractivity contribution in [3.63, 3.8) is 0 Å². The molecule has 0 rings (SSSR count). The van der Waals surface area contributed by atoms with E-state index >= 15 is 0 Å². The van der Waals surface area contributed by atoms with Gasteiger partial charge >= 0.3 is 17.9 Å². The molecule has 2 unspecified atom stereocenters. The molecule has 546 valence electrons. The Labute approximate surface area is 574 Å². The summed E-state index contributed by atoms with van der Waals surface area (Å²) in [6.07, 6.45) is 91.1. The van der Waals surface area contributed by atoms with Crippen molar-refractivity contribution >= 4 is 17.9 Å². The molecular weight excluding hydrogens is 1140 g/mol. The van der Waals surface area contributed by atoms with Crippen LogP contribution in [-0.2, 0) is 33.3 Å². The van der Waals surface area contributed by atoms with Crippen molar-refractivity contribution in [2.45, 2.75) is 456 Å². The van der Waals surface area contributed by atoms with Crippen LogP contribution < -0.4 is 0 Å². The molecular formula is C83H162NO8+. The van der Waals surface area contributed by atoms with Gasteiger partial charge in [-0.25, -0.2) is 4.79 Å². The van der Waals surface area contributed by atoms with Gasteiger partial charge in [0, 0.05) is 12.8 Å². The van der Waals surface area contributed by atoms with Crippen LogP contribution in [0.15, 0.2) is 12.2 Å². The predicted octanol–water partition coefficient (Wildman–Crippen LogP) is 26.3. The molecule has 0 aromatic rings. The standard InChI is InChI=1S/C83H161NO8/c1-6-8-10-12-14-16-18-20-22-24-26-28-30-32-34-35-36-37-38-39-40-41-42-43-44-45-46-47-48-50-52-54-56-58-60-62-64-66-68-70-72-74-81(86)92-79(78-91-83(82(87)88)89-76-75-84(3,4)5)77-90-80(85)73-71-69-67-65-63-61-59-57-55-53-51-49-33-31-29-27-25-23-21-19-17-15-13-11-9-7-2/h24,26,79,83H,6-23,25,27-78H2,1-5H3/p+1/b26-24-. The molecule has 0 amide bonds. The number of carbonyl (C=O) groups excluding carboxylic acids is 2. The third-order valence-electron chi connectivity index (χ3n) is 19.3. The summed E-state index contributed by atoms with van der Waals surface area (Å²) >= 11 is 0. The summed E-state index contributed by atoms with van der Waals surface area (Å²) < 4.78 is 23.1. The highest BCUT2D eigenvalue weighted by atomic mass is 16.7. The van der Waals surface area contributed by atoms with Crippen LogP contribution in [0.3, 0.4) is 0 Å². The highest BCUT2D eigenvalue weighted by molar-refractivity contribution is 5.71. The molecule has 0 bridgehead atoms. The fourth-order valence-corrected chi connectivity index (χ4v) is 13.0. The lowest BCUT2D eigenvalue weighted by molar-refractivity contribution is -0.870. The Morgan fingerprint density at radius 3 is 0.804 bits per heavy atom. The zero-order valence-corrected chi connectivity index (χ0v) is 62.8. The van der Waals surface area contributed by atoms with E-state index in [1.807, 2.05) is 21.1 Å². The van der Waals surface area contributed by atoms with E-state index in [0.29, 0.717) is 17.4 Å². The number of carboxylic acid groups (broad SMARTS) is 1. The van der Waals surface area contributed by atoms with E-state index < -0.39 is 18.4 Å². The number of quaternary nitrogens is 1. The lowest BCUT2D eigenvalue weighted by atomic mass is 10.0. The predicted molar refractivity (Wildman–Crippen MR) is 397 cm³/mol. The Bertz CT molecular complexity index is 1510. The van der Waals surface area contributed by atoms with Crippen LogP contribution in [0.1, 0.15) is 444 Å². The van der Waals surface area contributed by atoms with Gasteiger partial charge in [-0.1, -0.05) is 405 Å². The highest BCUT2D eigenvalue weighted by Crippen LogP contribution is 2.21. The third kappa shape index (κ3) is 75.4. The maximum atomic E-state index is 13.0. The fourth-order valence-electron chi connectivity index (χ4n) is 13.0. The molecule has 1 N–H and O–H groups in total. The Balaban J connectivity index is 3.90. The molecule has 0 saturated carbocycles. The van der Waals surface area contributed by atoms with Crippen molar-refractivity contribution < 1.29 is 42.9 Å². The molecule has 0 fully saturated rings. The maximum absolute atomic E-state index is 13.0. The minimum atomic E-state index is -1.51. The van der Waals surface area contributed by atoms with Crippen molar-refractivity contribution in [3.8, 4) is 0 Å². The molecule has 0 aliphatic carbocycles. The van der Waals surface area contributed by atoms with E-state index in [1.54, 1.807) is 0 Å². The van der Waals surface area contributed by atoms with Gasteiger partial charge in [0.1, 0.15) is 13.2 Å². The molecule has 0 aliphatic rings. The molecule has 2 atom stereocenters. The molecule has 0 aromatic heterocycles. The number of hydrogen-bond acceptors (Lipinski definition) is 7. The van der Waals surface area contributed by atoms with E-state index in [2.05, 4.69) is 26.0 Å². The minimum absolute atomic E-state index is 0.172. The Kier molecular flexibility index (Phi) is 73.2. The van der Waals surface area contributed by atoms with Crippen molar-refractivity contribution in [3.05, 3.63) is 12.2 Å². The first-order valence-electron chi connectivity index (χ1n) is 41.4. The van der Waals surface area contributed by atoms with Gasteiger partial charge < -0.3 is 28.5 Å². The number of nitrogens with zero attached hydrogens (tertiary/aromatic N) is 1. The SMILES string of the molecule is CCCCCCCCCC/C=C\CCCCCCCCCCCCCCCCCCCCCCCCCCCCCCCC(=O)OC(COC(=O)CCCCCCCCCCCCCCCCCCCCCCCCCCCC)COC(OCC[N+](C)(C)C)C(=O)O. The average molecular weight is 1300 g/mol. The van der Waals surface area contributed by atoms with Crippen molar-refractivity contribution in [1.29, 1.82) is 0 Å². The minimum Gasteiger partial charge on any atom is -0.477 e. The second-order valence-corrected chi connectivity index (χ2v) is 29.8. The van der Waals surface area contributed by atoms with Gasteiger partial charge in [-0.3, -0.25) is 9.59 Å². The van der Waals surface area contributed by atoms with E-state index in [0.717, 1.165) is 38.5 Å². The van der Waals surface area contributed by atoms with E-state index in [4.69, 9.17) is 18.9 Å². The van der Waals surface area contributed by atoms with E-state index in [-0.39, 0.29) is 38.2 Å². The van der Waals surface area contributed by atoms with E-state index in [9.17, 15) is 19.5 Å². The Hall–Kier alpha value is -1.97. The van der Waals surface area contributed by atoms with Crippen LogP contribution in [0.5, 0.6) is 0 Å². The van der Waals surface area contributed by atoms with Crippen molar-refractivity contribution in [1.82, 2.24) is 0 Å². The first kappa shape index (κ1) is 90.0. The maximum Gasteiger partial charge on any atom is 0.361 e. The van der Waals surface area contributed by atoms with Gasteiger partial charge in [-0.05, 0) is 38.5 Å². The molecule has 92 heavy (non-hydrogen) atoms. The number of ether oxygens (including phenoxy) is 4. The van der Waals surface area contributed by atoms with Crippen LogP contribution in [-0.4, -0.2) is 87.4 Å². The number of carbonyl (C=O) groups is 3. The quantitative estimate of drug-likeness (QED) is 0.0211. The van der Waals surface area contributed by atoms with Crippen LogP contribution in [0.4, 0.5) is 0 Å². The van der Waals surface area contributed by atoms with E-state index in [1.165, 1.54) is 379 Å². The molecule has 0 aromatic carbocycles. The molecule has 0 spiro atoms. The summed E-state index contributed by atoms with van der Waals surface area (Å²) in [5.74, 6) is -1.96. The summed E-state index contributed by atoms with van der Waals surface area (Å²) in [5, 5.41) is 9.77. The number of unbranched alkanes of at least 4 members (excludes halogenated alkanes) is 62. The summed E-state index contributed by atoms with van der Waals surface area (Å²) in [7, 11) is 6.00. The largest absolute Gasteiger partial charge is 0.477 e. The van der Waals surface area contributed by atoms with Crippen LogP contribution in [0.2, 0.25) is 0 Å². The van der Waals surface area contributed by atoms with Gasteiger partial charge in [-0.2, -0.15) is 0 Å².